The van der Waals surface area contributed by atoms with Crippen LogP contribution >= 0.6 is 0 Å². The fourth-order valence-corrected chi connectivity index (χ4v) is 1.71. The first-order valence-electron chi connectivity index (χ1n) is 4.59. The van der Waals surface area contributed by atoms with E-state index < -0.39 is 0 Å². The molecule has 1 aromatic rings. The van der Waals surface area contributed by atoms with Crippen molar-refractivity contribution in [2.45, 2.75) is 37.9 Å². The summed E-state index contributed by atoms with van der Waals surface area (Å²) in [5.74, 6) is 0.709. The molecular formula is C8H14N4O. The van der Waals surface area contributed by atoms with Crippen molar-refractivity contribution in [1.29, 1.82) is 0 Å². The van der Waals surface area contributed by atoms with E-state index in [1.165, 1.54) is 6.39 Å². The van der Waals surface area contributed by atoms with Gasteiger partial charge in [-0.1, -0.05) is 5.16 Å². The molecule has 72 valence electrons. The van der Waals surface area contributed by atoms with E-state index in [0.29, 0.717) is 24.5 Å². The van der Waals surface area contributed by atoms with Gasteiger partial charge in [0.1, 0.15) is 0 Å². The number of rotatable bonds is 3. The molecule has 0 amide bonds. The largest absolute Gasteiger partial charge is 0.343 e. The normalized spacial score (nSPS) is 28.1. The molecule has 5 heteroatoms. The van der Waals surface area contributed by atoms with Crippen LogP contribution in [0.15, 0.2) is 10.9 Å². The van der Waals surface area contributed by atoms with E-state index in [1.54, 1.807) is 0 Å². The second kappa shape index (κ2) is 3.85. The number of nitrogens with zero attached hydrogens (tertiary/aromatic N) is 2. The quantitative estimate of drug-likeness (QED) is 0.690. The zero-order valence-electron chi connectivity index (χ0n) is 7.44. The van der Waals surface area contributed by atoms with Crippen LogP contribution in [0.5, 0.6) is 0 Å². The summed E-state index contributed by atoms with van der Waals surface area (Å²) >= 11 is 0. The van der Waals surface area contributed by atoms with Crippen LogP contribution in [0.25, 0.3) is 0 Å². The lowest BCUT2D eigenvalue weighted by molar-refractivity contribution is 0.403. The molecule has 0 bridgehead atoms. The van der Waals surface area contributed by atoms with Gasteiger partial charge >= 0.3 is 0 Å². The minimum Gasteiger partial charge on any atom is -0.343 e. The first kappa shape index (κ1) is 8.65. The van der Waals surface area contributed by atoms with Gasteiger partial charge in [-0.15, -0.1) is 0 Å². The molecule has 2 unspecified atom stereocenters. The summed E-state index contributed by atoms with van der Waals surface area (Å²) in [4.78, 5) is 3.92. The molecule has 1 aliphatic carbocycles. The molecule has 5 nitrogen and oxygen atoms in total. The van der Waals surface area contributed by atoms with E-state index >= 15 is 0 Å². The predicted octanol–water partition coefficient (Wildman–Crippen LogP) is 0.0390. The van der Waals surface area contributed by atoms with Crippen molar-refractivity contribution in [1.82, 2.24) is 15.5 Å². The highest BCUT2D eigenvalue weighted by molar-refractivity contribution is 4.85. The van der Waals surface area contributed by atoms with Crippen LogP contribution in [0.2, 0.25) is 0 Å². The third-order valence-corrected chi connectivity index (χ3v) is 2.43. The average Bonchev–Trinajstić information content (AvgIpc) is 2.71. The number of nitrogens with two attached hydrogens (primary N) is 1. The SMILES string of the molecule is NC1CCC(NCc2ncon2)C1. The van der Waals surface area contributed by atoms with Crippen molar-refractivity contribution in [3.63, 3.8) is 0 Å². The Kier molecular flexibility index (Phi) is 2.56. The molecular weight excluding hydrogens is 168 g/mol. The summed E-state index contributed by atoms with van der Waals surface area (Å²) in [5.41, 5.74) is 5.78. The summed E-state index contributed by atoms with van der Waals surface area (Å²) in [5, 5.41) is 7.07. The Morgan fingerprint density at radius 1 is 1.62 bits per heavy atom. The molecule has 3 N–H and O–H groups in total. The molecule has 2 atom stereocenters. The van der Waals surface area contributed by atoms with Crippen LogP contribution in [0.1, 0.15) is 25.1 Å². The zero-order chi connectivity index (χ0) is 9.10. The zero-order valence-corrected chi connectivity index (χ0v) is 7.44. The van der Waals surface area contributed by atoms with E-state index in [0.717, 1.165) is 19.3 Å². The van der Waals surface area contributed by atoms with Crippen molar-refractivity contribution in [3.8, 4) is 0 Å². The summed E-state index contributed by atoms with van der Waals surface area (Å²) < 4.78 is 4.63. The lowest BCUT2D eigenvalue weighted by atomic mass is 10.2. The smallest absolute Gasteiger partial charge is 0.213 e. The monoisotopic (exact) mass is 182 g/mol. The standard InChI is InChI=1S/C8H14N4O/c9-6-1-2-7(3-6)10-4-8-11-5-13-12-8/h5-7,10H,1-4,9H2. The Balaban J connectivity index is 1.74. The van der Waals surface area contributed by atoms with Gasteiger partial charge in [0.2, 0.25) is 6.39 Å². The Hall–Kier alpha value is -0.940. The van der Waals surface area contributed by atoms with Gasteiger partial charge in [0.25, 0.3) is 0 Å². The van der Waals surface area contributed by atoms with Crippen LogP contribution in [0.4, 0.5) is 0 Å². The molecule has 2 rings (SSSR count). The lowest BCUT2D eigenvalue weighted by Gasteiger charge is -2.09. The van der Waals surface area contributed by atoms with Gasteiger partial charge in [0.05, 0.1) is 6.54 Å². The molecule has 1 aromatic heterocycles. The molecule has 0 radical (unpaired) electrons. The first-order chi connectivity index (χ1) is 6.34. The second-order valence-corrected chi connectivity index (χ2v) is 3.50. The third kappa shape index (κ3) is 2.26. The van der Waals surface area contributed by atoms with E-state index in [-0.39, 0.29) is 0 Å². The van der Waals surface area contributed by atoms with E-state index in [9.17, 15) is 0 Å². The minimum atomic E-state index is 0.364. The first-order valence-corrected chi connectivity index (χ1v) is 4.59. The number of hydrogen-bond donors (Lipinski definition) is 2. The molecule has 0 saturated heterocycles. The van der Waals surface area contributed by atoms with Gasteiger partial charge in [0, 0.05) is 12.1 Å². The van der Waals surface area contributed by atoms with Crippen molar-refractivity contribution >= 4 is 0 Å². The van der Waals surface area contributed by atoms with Crippen molar-refractivity contribution in [3.05, 3.63) is 12.2 Å². The van der Waals surface area contributed by atoms with Crippen LogP contribution in [0, 0.1) is 0 Å². The maximum Gasteiger partial charge on any atom is 0.213 e. The Bertz CT molecular complexity index is 249. The predicted molar refractivity (Wildman–Crippen MR) is 46.8 cm³/mol. The number of hydrogen-bond acceptors (Lipinski definition) is 5. The molecule has 0 aromatic carbocycles. The highest BCUT2D eigenvalue weighted by atomic mass is 16.5. The fourth-order valence-electron chi connectivity index (χ4n) is 1.71. The van der Waals surface area contributed by atoms with Crippen LogP contribution in [0.3, 0.4) is 0 Å². The Morgan fingerprint density at radius 2 is 2.54 bits per heavy atom. The maximum atomic E-state index is 5.78. The number of nitrogens with one attached hydrogen (secondary N) is 1. The highest BCUT2D eigenvalue weighted by Crippen LogP contribution is 2.17. The Morgan fingerprint density at radius 3 is 3.15 bits per heavy atom. The van der Waals surface area contributed by atoms with Crippen LogP contribution in [-0.4, -0.2) is 22.2 Å². The van der Waals surface area contributed by atoms with Gasteiger partial charge in [-0.3, -0.25) is 0 Å². The molecule has 0 aliphatic heterocycles. The molecule has 0 spiro atoms. The van der Waals surface area contributed by atoms with Crippen LogP contribution < -0.4 is 11.1 Å². The molecule has 1 aliphatic rings. The average molecular weight is 182 g/mol. The maximum absolute atomic E-state index is 5.78. The minimum absolute atomic E-state index is 0.364. The highest BCUT2D eigenvalue weighted by Gasteiger charge is 2.21. The molecule has 1 heterocycles. The molecule has 1 saturated carbocycles. The Labute approximate surface area is 76.7 Å². The van der Waals surface area contributed by atoms with Crippen LogP contribution in [-0.2, 0) is 6.54 Å². The summed E-state index contributed by atoms with van der Waals surface area (Å²) in [7, 11) is 0. The summed E-state index contributed by atoms with van der Waals surface area (Å²) in [6.07, 6.45) is 4.66. The van der Waals surface area contributed by atoms with E-state index in [4.69, 9.17) is 5.73 Å². The summed E-state index contributed by atoms with van der Waals surface area (Å²) in [6.45, 7) is 0.674. The van der Waals surface area contributed by atoms with Gasteiger partial charge in [0.15, 0.2) is 5.82 Å². The van der Waals surface area contributed by atoms with Crippen molar-refractivity contribution in [2.75, 3.05) is 0 Å². The van der Waals surface area contributed by atoms with Gasteiger partial charge < -0.3 is 15.6 Å². The molecule has 1 fully saturated rings. The fraction of sp³-hybridized carbons (Fsp3) is 0.750. The van der Waals surface area contributed by atoms with Gasteiger partial charge in [-0.2, -0.15) is 4.98 Å². The molecule has 13 heavy (non-hydrogen) atoms. The van der Waals surface area contributed by atoms with E-state index in [1.807, 2.05) is 0 Å². The number of aromatic nitrogens is 2. The topological polar surface area (TPSA) is 77.0 Å². The van der Waals surface area contributed by atoms with Gasteiger partial charge in [-0.25, -0.2) is 0 Å². The third-order valence-electron chi connectivity index (χ3n) is 2.43. The van der Waals surface area contributed by atoms with Crippen molar-refractivity contribution in [2.24, 2.45) is 5.73 Å². The lowest BCUT2D eigenvalue weighted by Crippen LogP contribution is -2.28. The van der Waals surface area contributed by atoms with Gasteiger partial charge in [-0.05, 0) is 19.3 Å². The van der Waals surface area contributed by atoms with Crippen molar-refractivity contribution < 1.29 is 4.52 Å². The van der Waals surface area contributed by atoms with E-state index in [2.05, 4.69) is 20.0 Å². The second-order valence-electron chi connectivity index (χ2n) is 3.50. The summed E-state index contributed by atoms with van der Waals surface area (Å²) in [6, 6.07) is 0.885.